The lowest BCUT2D eigenvalue weighted by atomic mass is 10.1. The number of aliphatic hydroxyl groups excluding tert-OH is 1. The van der Waals surface area contributed by atoms with E-state index < -0.39 is 6.10 Å². The molecule has 0 fully saturated rings. The molecule has 1 aliphatic carbocycles. The zero-order valence-electron chi connectivity index (χ0n) is 12.7. The summed E-state index contributed by atoms with van der Waals surface area (Å²) in [4.78, 5) is 0. The lowest BCUT2D eigenvalue weighted by molar-refractivity contribution is 0.190. The van der Waals surface area contributed by atoms with Gasteiger partial charge in [-0.2, -0.15) is 0 Å². The van der Waals surface area contributed by atoms with Crippen molar-refractivity contribution < 1.29 is 9.84 Å². The molecule has 0 saturated carbocycles. The van der Waals surface area contributed by atoms with Gasteiger partial charge in [0, 0.05) is 5.56 Å². The predicted octanol–water partition coefficient (Wildman–Crippen LogP) is 4.12. The van der Waals surface area contributed by atoms with Crippen LogP contribution in [0.3, 0.4) is 0 Å². The second-order valence-electron chi connectivity index (χ2n) is 5.96. The molecule has 2 aromatic carbocycles. The summed E-state index contributed by atoms with van der Waals surface area (Å²) in [5.74, 6) is 0.774. The van der Waals surface area contributed by atoms with Gasteiger partial charge in [0.25, 0.3) is 0 Å². The maximum absolute atomic E-state index is 9.87. The highest BCUT2D eigenvalue weighted by Gasteiger charge is 2.12. The average molecular weight is 282 g/mol. The summed E-state index contributed by atoms with van der Waals surface area (Å²) >= 11 is 0. The fourth-order valence-electron chi connectivity index (χ4n) is 3.00. The molecule has 1 N–H and O–H groups in total. The zero-order chi connectivity index (χ0) is 14.8. The average Bonchev–Trinajstić information content (AvgIpc) is 2.93. The highest BCUT2D eigenvalue weighted by molar-refractivity contribution is 5.39. The van der Waals surface area contributed by atoms with E-state index in [0.29, 0.717) is 6.61 Å². The van der Waals surface area contributed by atoms with Crippen molar-refractivity contribution in [2.75, 3.05) is 0 Å². The van der Waals surface area contributed by atoms with Crippen LogP contribution in [-0.2, 0) is 19.4 Å². The number of aryl methyl sites for hydroxylation is 3. The van der Waals surface area contributed by atoms with Crippen LogP contribution in [0.15, 0.2) is 36.4 Å². The van der Waals surface area contributed by atoms with Crippen molar-refractivity contribution >= 4 is 0 Å². The van der Waals surface area contributed by atoms with Crippen LogP contribution in [-0.4, -0.2) is 5.11 Å². The van der Waals surface area contributed by atoms with Crippen molar-refractivity contribution in [1.29, 1.82) is 0 Å². The fourth-order valence-corrected chi connectivity index (χ4v) is 3.00. The van der Waals surface area contributed by atoms with E-state index in [1.807, 2.05) is 25.1 Å². The maximum Gasteiger partial charge on any atom is 0.125 e. The molecule has 110 valence electrons. The topological polar surface area (TPSA) is 29.5 Å². The van der Waals surface area contributed by atoms with Gasteiger partial charge in [0.1, 0.15) is 12.4 Å². The SMILES string of the molecule is Cc1ccc(OCc2ccc3c(c2)CCC3)c([C@@H](C)O)c1. The molecule has 3 rings (SSSR count). The van der Waals surface area contributed by atoms with Crippen molar-refractivity contribution in [3.05, 3.63) is 64.2 Å². The van der Waals surface area contributed by atoms with Crippen LogP contribution < -0.4 is 4.74 Å². The molecule has 1 atom stereocenters. The van der Waals surface area contributed by atoms with Crippen LogP contribution in [0.2, 0.25) is 0 Å². The van der Waals surface area contributed by atoms with Gasteiger partial charge in [-0.15, -0.1) is 0 Å². The summed E-state index contributed by atoms with van der Waals surface area (Å²) in [6.07, 6.45) is 3.15. The van der Waals surface area contributed by atoms with E-state index in [2.05, 4.69) is 18.2 Å². The van der Waals surface area contributed by atoms with Crippen LogP contribution in [0.5, 0.6) is 5.75 Å². The Morgan fingerprint density at radius 1 is 1.10 bits per heavy atom. The van der Waals surface area contributed by atoms with Gasteiger partial charge in [-0.3, -0.25) is 0 Å². The number of rotatable bonds is 4. The third-order valence-corrected chi connectivity index (χ3v) is 4.17. The van der Waals surface area contributed by atoms with Crippen LogP contribution in [0.1, 0.15) is 47.3 Å². The smallest absolute Gasteiger partial charge is 0.125 e. The fraction of sp³-hybridized carbons (Fsp3) is 0.368. The normalized spacial score (nSPS) is 14.8. The minimum absolute atomic E-state index is 0.514. The van der Waals surface area contributed by atoms with Gasteiger partial charge in [-0.1, -0.05) is 29.8 Å². The second kappa shape index (κ2) is 5.90. The molecule has 2 aromatic rings. The summed E-state index contributed by atoms with van der Waals surface area (Å²) in [5, 5.41) is 9.87. The van der Waals surface area contributed by atoms with Crippen molar-refractivity contribution in [2.45, 2.75) is 45.8 Å². The highest BCUT2D eigenvalue weighted by Crippen LogP contribution is 2.28. The van der Waals surface area contributed by atoms with Crippen LogP contribution in [0.4, 0.5) is 0 Å². The van der Waals surface area contributed by atoms with Crippen LogP contribution in [0, 0.1) is 6.92 Å². The van der Waals surface area contributed by atoms with Gasteiger partial charge in [0.2, 0.25) is 0 Å². The lowest BCUT2D eigenvalue weighted by Crippen LogP contribution is -2.02. The summed E-state index contributed by atoms with van der Waals surface area (Å²) < 4.78 is 5.94. The largest absolute Gasteiger partial charge is 0.489 e. The third kappa shape index (κ3) is 3.11. The number of fused-ring (bicyclic) bond motifs is 1. The Morgan fingerprint density at radius 3 is 2.71 bits per heavy atom. The Kier molecular flexibility index (Phi) is 3.98. The quantitative estimate of drug-likeness (QED) is 0.914. The van der Waals surface area contributed by atoms with Gasteiger partial charge in [0.05, 0.1) is 6.10 Å². The molecule has 0 aliphatic heterocycles. The first-order valence-corrected chi connectivity index (χ1v) is 7.65. The van der Waals surface area contributed by atoms with Crippen molar-refractivity contribution in [3.8, 4) is 5.75 Å². The summed E-state index contributed by atoms with van der Waals surface area (Å²) in [6.45, 7) is 4.35. The molecule has 0 unspecified atom stereocenters. The summed E-state index contributed by atoms with van der Waals surface area (Å²) in [7, 11) is 0. The standard InChI is InChI=1S/C19H22O2/c1-13-6-9-19(18(10-13)14(2)20)21-12-15-7-8-16-4-3-5-17(16)11-15/h6-11,14,20H,3-5,12H2,1-2H3/t14-/m1/s1. The first kappa shape index (κ1) is 14.2. The number of aliphatic hydroxyl groups is 1. The Bertz CT molecular complexity index is 644. The molecule has 0 amide bonds. The van der Waals surface area contributed by atoms with Gasteiger partial charge in [-0.05, 0) is 61.9 Å². The second-order valence-corrected chi connectivity index (χ2v) is 5.96. The Morgan fingerprint density at radius 2 is 1.90 bits per heavy atom. The molecule has 0 saturated heterocycles. The predicted molar refractivity (Wildman–Crippen MR) is 84.6 cm³/mol. The van der Waals surface area contributed by atoms with E-state index in [1.165, 1.54) is 36.0 Å². The number of benzene rings is 2. The number of hydrogen-bond acceptors (Lipinski definition) is 2. The molecule has 21 heavy (non-hydrogen) atoms. The third-order valence-electron chi connectivity index (χ3n) is 4.17. The van der Waals surface area contributed by atoms with Crippen LogP contribution in [0.25, 0.3) is 0 Å². The molecule has 0 spiro atoms. The molecule has 0 heterocycles. The molecule has 1 aliphatic rings. The Hall–Kier alpha value is -1.80. The van der Waals surface area contributed by atoms with Gasteiger partial charge in [-0.25, -0.2) is 0 Å². The first-order chi connectivity index (χ1) is 10.1. The monoisotopic (exact) mass is 282 g/mol. The Balaban J connectivity index is 1.76. The molecular weight excluding hydrogens is 260 g/mol. The molecular formula is C19H22O2. The molecule has 0 radical (unpaired) electrons. The summed E-state index contributed by atoms with van der Waals surface area (Å²) in [6, 6.07) is 12.6. The van der Waals surface area contributed by atoms with Crippen LogP contribution >= 0.6 is 0 Å². The van der Waals surface area contributed by atoms with E-state index in [9.17, 15) is 5.11 Å². The van der Waals surface area contributed by atoms with Crippen molar-refractivity contribution in [3.63, 3.8) is 0 Å². The van der Waals surface area contributed by atoms with Gasteiger partial charge < -0.3 is 9.84 Å². The maximum atomic E-state index is 9.87. The Labute approximate surface area is 126 Å². The molecule has 2 nitrogen and oxygen atoms in total. The molecule has 2 heteroatoms. The van der Waals surface area contributed by atoms with Crippen molar-refractivity contribution in [1.82, 2.24) is 0 Å². The van der Waals surface area contributed by atoms with Gasteiger partial charge in [0.15, 0.2) is 0 Å². The minimum atomic E-state index is -0.514. The minimum Gasteiger partial charge on any atom is -0.489 e. The first-order valence-electron chi connectivity index (χ1n) is 7.65. The van der Waals surface area contributed by atoms with Crippen molar-refractivity contribution in [2.24, 2.45) is 0 Å². The van der Waals surface area contributed by atoms with E-state index in [4.69, 9.17) is 4.74 Å². The number of hydrogen-bond donors (Lipinski definition) is 1. The highest BCUT2D eigenvalue weighted by atomic mass is 16.5. The summed E-state index contributed by atoms with van der Waals surface area (Å²) in [5.41, 5.74) is 6.15. The van der Waals surface area contributed by atoms with E-state index in [0.717, 1.165) is 16.9 Å². The lowest BCUT2D eigenvalue weighted by Gasteiger charge is -2.14. The molecule has 0 aromatic heterocycles. The van der Waals surface area contributed by atoms with E-state index >= 15 is 0 Å². The molecule has 0 bridgehead atoms. The number of ether oxygens (including phenoxy) is 1. The van der Waals surface area contributed by atoms with E-state index in [1.54, 1.807) is 6.92 Å². The zero-order valence-corrected chi connectivity index (χ0v) is 12.7. The van der Waals surface area contributed by atoms with E-state index in [-0.39, 0.29) is 0 Å². The van der Waals surface area contributed by atoms with Gasteiger partial charge >= 0.3 is 0 Å².